The molecule has 0 saturated heterocycles. The third-order valence-electron chi connectivity index (χ3n) is 11.4. The topological polar surface area (TPSA) is 81.1 Å². The Morgan fingerprint density at radius 3 is 1.49 bits per heavy atom. The van der Waals surface area contributed by atoms with E-state index in [0.717, 1.165) is 65.5 Å². The second kappa shape index (κ2) is 17.9. The minimum Gasteiger partial charge on any atom is -0.480 e. The summed E-state index contributed by atoms with van der Waals surface area (Å²) in [6.45, 7) is 2.84. The number of carboxylic acids is 2. The van der Waals surface area contributed by atoms with Gasteiger partial charge in [-0.15, -0.1) is 0 Å². The molecule has 0 amide bonds. The average molecular weight is 802 g/mol. The molecule has 12 heteroatoms. The monoisotopic (exact) mass is 800 g/mol. The van der Waals surface area contributed by atoms with Crippen LogP contribution >= 0.6 is 23.2 Å². The standard InChI is InChI=1S/C22H24ClF2NO2.C21H22ClF2NO2/c1-14(21(27)28)26(2)11-3-9-22(16-4-6-17(23)7-5-16)10-8-15-12-19(24)20(25)13-18(15)22;1-25(13-20(26)27)10-2-8-21(15-3-5-16(22)6-4-15)9-7-14-11-18(23)19(24)12-17(14)21/h4-7,12-14H,3,8-11H2,1-2H3,(H,27,28);3-6,11-12H,2,7-10,13H2,1H3,(H,26,27). The lowest BCUT2D eigenvalue weighted by Crippen LogP contribution is -2.37. The summed E-state index contributed by atoms with van der Waals surface area (Å²) in [6, 6.07) is 19.7. The third kappa shape index (κ3) is 9.54. The molecular formula is C43H46Cl2F4N2O4. The molecule has 6 rings (SSSR count). The van der Waals surface area contributed by atoms with Crippen molar-refractivity contribution in [2.24, 2.45) is 0 Å². The number of carboxylic acid groups (broad SMARTS) is 2. The lowest BCUT2D eigenvalue weighted by Gasteiger charge is -2.33. The number of aliphatic carboxylic acids is 2. The first-order valence-corrected chi connectivity index (χ1v) is 19.1. The van der Waals surface area contributed by atoms with Crippen LogP contribution in [0.4, 0.5) is 17.6 Å². The lowest BCUT2D eigenvalue weighted by molar-refractivity contribution is -0.142. The molecule has 55 heavy (non-hydrogen) atoms. The molecule has 0 radical (unpaired) electrons. The molecule has 4 aromatic carbocycles. The van der Waals surface area contributed by atoms with Crippen LogP contribution in [0.3, 0.4) is 0 Å². The maximum absolute atomic E-state index is 14.1. The van der Waals surface area contributed by atoms with Crippen molar-refractivity contribution in [1.82, 2.24) is 9.80 Å². The van der Waals surface area contributed by atoms with E-state index in [2.05, 4.69) is 0 Å². The fourth-order valence-electron chi connectivity index (χ4n) is 8.36. The quantitative estimate of drug-likeness (QED) is 0.124. The molecular weight excluding hydrogens is 755 g/mol. The number of hydrogen-bond acceptors (Lipinski definition) is 4. The number of likely N-dealkylation sites (N-methyl/N-ethyl adjacent to an activating group) is 2. The number of benzene rings is 4. The van der Waals surface area contributed by atoms with E-state index in [1.165, 1.54) is 24.3 Å². The summed E-state index contributed by atoms with van der Waals surface area (Å²) in [6.07, 6.45) is 5.78. The van der Waals surface area contributed by atoms with Gasteiger partial charge in [-0.1, -0.05) is 47.5 Å². The molecule has 2 aliphatic rings. The van der Waals surface area contributed by atoms with Crippen LogP contribution in [0.15, 0.2) is 72.8 Å². The van der Waals surface area contributed by atoms with E-state index < -0.39 is 52.1 Å². The van der Waals surface area contributed by atoms with Crippen LogP contribution in [0.25, 0.3) is 0 Å². The van der Waals surface area contributed by atoms with Gasteiger partial charge in [0.1, 0.15) is 6.04 Å². The zero-order valence-corrected chi connectivity index (χ0v) is 32.7. The summed E-state index contributed by atoms with van der Waals surface area (Å²) in [5.74, 6) is -5.04. The molecule has 0 heterocycles. The van der Waals surface area contributed by atoms with Crippen LogP contribution in [0, 0.1) is 23.3 Å². The largest absolute Gasteiger partial charge is 0.480 e. The van der Waals surface area contributed by atoms with Crippen molar-refractivity contribution in [2.75, 3.05) is 33.7 Å². The molecule has 2 N–H and O–H groups in total. The minimum atomic E-state index is -0.867. The van der Waals surface area contributed by atoms with Gasteiger partial charge >= 0.3 is 11.9 Å². The Kier molecular flexibility index (Phi) is 13.7. The Hall–Kier alpha value is -3.96. The van der Waals surface area contributed by atoms with E-state index in [4.69, 9.17) is 28.3 Å². The Morgan fingerprint density at radius 1 is 0.691 bits per heavy atom. The van der Waals surface area contributed by atoms with Gasteiger partial charge in [-0.05, 0) is 167 Å². The molecule has 3 unspecified atom stereocenters. The summed E-state index contributed by atoms with van der Waals surface area (Å²) >= 11 is 12.1. The van der Waals surface area contributed by atoms with Crippen LogP contribution in [0.5, 0.6) is 0 Å². The molecule has 0 saturated carbocycles. The highest BCUT2D eigenvalue weighted by atomic mass is 35.5. The van der Waals surface area contributed by atoms with E-state index in [0.29, 0.717) is 42.4 Å². The molecule has 0 fully saturated rings. The van der Waals surface area contributed by atoms with Gasteiger partial charge in [0.05, 0.1) is 6.54 Å². The molecule has 0 bridgehead atoms. The highest BCUT2D eigenvalue weighted by Gasteiger charge is 2.42. The molecule has 0 spiro atoms. The fraction of sp³-hybridized carbons (Fsp3) is 0.395. The number of halogens is 6. The van der Waals surface area contributed by atoms with Crippen molar-refractivity contribution in [3.63, 3.8) is 0 Å². The summed E-state index contributed by atoms with van der Waals surface area (Å²) < 4.78 is 55.5. The Balaban J connectivity index is 0.000000211. The number of carbonyl (C=O) groups is 2. The van der Waals surface area contributed by atoms with Gasteiger partial charge in [-0.2, -0.15) is 0 Å². The summed E-state index contributed by atoms with van der Waals surface area (Å²) in [5, 5.41) is 19.3. The molecule has 2 aliphatic carbocycles. The molecule has 0 aliphatic heterocycles. The Morgan fingerprint density at radius 2 is 1.09 bits per heavy atom. The molecule has 3 atom stereocenters. The highest BCUT2D eigenvalue weighted by Crippen LogP contribution is 2.49. The summed E-state index contributed by atoms with van der Waals surface area (Å²) in [5.41, 5.74) is 4.52. The number of fused-ring (bicyclic) bond motifs is 2. The van der Waals surface area contributed by atoms with Crippen LogP contribution in [-0.4, -0.2) is 71.7 Å². The van der Waals surface area contributed by atoms with Gasteiger partial charge in [-0.25, -0.2) is 17.6 Å². The predicted molar refractivity (Wildman–Crippen MR) is 207 cm³/mol. The zero-order chi connectivity index (χ0) is 40.1. The maximum Gasteiger partial charge on any atom is 0.320 e. The van der Waals surface area contributed by atoms with Crippen molar-refractivity contribution in [3.8, 4) is 0 Å². The second-order valence-corrected chi connectivity index (χ2v) is 15.7. The van der Waals surface area contributed by atoms with Gasteiger partial charge in [0, 0.05) is 20.9 Å². The lowest BCUT2D eigenvalue weighted by atomic mass is 9.72. The number of rotatable bonds is 14. The van der Waals surface area contributed by atoms with Gasteiger partial charge in [0.2, 0.25) is 0 Å². The molecule has 4 aromatic rings. The van der Waals surface area contributed by atoms with Gasteiger partial charge in [-0.3, -0.25) is 19.4 Å². The molecule has 0 aromatic heterocycles. The second-order valence-electron chi connectivity index (χ2n) is 14.9. The van der Waals surface area contributed by atoms with Crippen LogP contribution in [0.1, 0.15) is 78.8 Å². The van der Waals surface area contributed by atoms with Crippen molar-refractivity contribution >= 4 is 35.1 Å². The number of aryl methyl sites for hydroxylation is 2. The summed E-state index contributed by atoms with van der Waals surface area (Å²) in [4.78, 5) is 25.6. The van der Waals surface area contributed by atoms with Crippen LogP contribution in [0.2, 0.25) is 10.0 Å². The van der Waals surface area contributed by atoms with Crippen molar-refractivity contribution in [2.45, 2.75) is 75.2 Å². The van der Waals surface area contributed by atoms with E-state index in [1.54, 1.807) is 30.8 Å². The SMILES string of the molecule is CC(C(=O)O)N(C)CCCC1(c2ccc(Cl)cc2)CCc2cc(F)c(F)cc21.CN(CCCC1(c2ccc(Cl)cc2)CCc2cc(F)c(F)cc21)CC(=O)O. The highest BCUT2D eigenvalue weighted by molar-refractivity contribution is 6.30. The predicted octanol–water partition coefficient (Wildman–Crippen LogP) is 9.68. The van der Waals surface area contributed by atoms with Crippen molar-refractivity contribution in [1.29, 1.82) is 0 Å². The minimum absolute atomic E-state index is 0.0234. The smallest absolute Gasteiger partial charge is 0.320 e. The number of nitrogens with zero attached hydrogens (tertiary/aromatic N) is 2. The van der Waals surface area contributed by atoms with Crippen molar-refractivity contribution in [3.05, 3.63) is 139 Å². The van der Waals surface area contributed by atoms with Gasteiger partial charge < -0.3 is 10.2 Å². The third-order valence-corrected chi connectivity index (χ3v) is 11.9. The van der Waals surface area contributed by atoms with E-state index >= 15 is 0 Å². The Labute approximate surface area is 329 Å². The van der Waals surface area contributed by atoms with Crippen LogP contribution in [-0.2, 0) is 33.3 Å². The average Bonchev–Trinajstić information content (AvgIpc) is 3.67. The molecule has 294 valence electrons. The Bertz CT molecular complexity index is 2000. The van der Waals surface area contributed by atoms with Gasteiger partial charge in [0.15, 0.2) is 23.3 Å². The van der Waals surface area contributed by atoms with E-state index in [-0.39, 0.29) is 6.54 Å². The first kappa shape index (κ1) is 42.2. The van der Waals surface area contributed by atoms with Crippen LogP contribution < -0.4 is 0 Å². The van der Waals surface area contributed by atoms with Crippen molar-refractivity contribution < 1.29 is 37.4 Å². The normalized spacial score (nSPS) is 19.2. The fourth-order valence-corrected chi connectivity index (χ4v) is 8.62. The van der Waals surface area contributed by atoms with Gasteiger partial charge in [0.25, 0.3) is 0 Å². The van der Waals surface area contributed by atoms with E-state index in [1.807, 2.05) is 48.5 Å². The first-order chi connectivity index (χ1) is 26.1. The van der Waals surface area contributed by atoms with E-state index in [9.17, 15) is 32.3 Å². The maximum atomic E-state index is 14.1. The molecule has 6 nitrogen and oxygen atoms in total. The number of hydrogen-bond donors (Lipinski definition) is 2. The first-order valence-electron chi connectivity index (χ1n) is 18.4. The summed E-state index contributed by atoms with van der Waals surface area (Å²) in [7, 11) is 3.55. The zero-order valence-electron chi connectivity index (χ0n) is 31.2.